The number of aryl methyl sites for hydroxylation is 1. The average Bonchev–Trinajstić information content (AvgIpc) is 3.30. The maximum absolute atomic E-state index is 13.1. The van der Waals surface area contributed by atoms with Crippen LogP contribution in [0.1, 0.15) is 106 Å². The zero-order valence-electron chi connectivity index (χ0n) is 20.1. The molecule has 178 valence electrons. The van der Waals surface area contributed by atoms with E-state index in [1.54, 1.807) is 0 Å². The molecule has 0 bridgehead atoms. The van der Waals surface area contributed by atoms with E-state index in [1.807, 2.05) is 12.1 Å². The smallest absolute Gasteiger partial charge is 0.225 e. The highest BCUT2D eigenvalue weighted by atomic mass is 16.3. The van der Waals surface area contributed by atoms with Crippen molar-refractivity contribution in [1.29, 1.82) is 0 Å². The maximum Gasteiger partial charge on any atom is 0.225 e. The van der Waals surface area contributed by atoms with E-state index in [2.05, 4.69) is 40.0 Å². The van der Waals surface area contributed by atoms with Crippen LogP contribution in [0.3, 0.4) is 0 Å². The number of carbonyl (C=O) groups excluding carboxylic acids is 1. The van der Waals surface area contributed by atoms with Crippen LogP contribution >= 0.6 is 0 Å². The summed E-state index contributed by atoms with van der Waals surface area (Å²) in [6.07, 6.45) is 10.2. The van der Waals surface area contributed by atoms with Gasteiger partial charge in [0.1, 0.15) is 11.6 Å². The van der Waals surface area contributed by atoms with Gasteiger partial charge in [-0.2, -0.15) is 0 Å². The van der Waals surface area contributed by atoms with Gasteiger partial charge in [0.25, 0.3) is 0 Å². The van der Waals surface area contributed by atoms with Crippen molar-refractivity contribution in [1.82, 2.24) is 14.8 Å². The predicted molar refractivity (Wildman–Crippen MR) is 129 cm³/mol. The lowest BCUT2D eigenvalue weighted by molar-refractivity contribution is -0.116. The number of anilines is 1. The summed E-state index contributed by atoms with van der Waals surface area (Å²) in [7, 11) is 0. The third-order valence-electron chi connectivity index (χ3n) is 7.76. The molecule has 0 aliphatic heterocycles. The molecule has 0 saturated heterocycles. The number of amides is 1. The van der Waals surface area contributed by atoms with Crippen molar-refractivity contribution in [2.24, 2.45) is 11.8 Å². The lowest BCUT2D eigenvalue weighted by Gasteiger charge is -2.36. The molecule has 6 nitrogen and oxygen atoms in total. The minimum atomic E-state index is -0.111. The van der Waals surface area contributed by atoms with Crippen LogP contribution in [0.15, 0.2) is 18.2 Å². The Morgan fingerprint density at radius 2 is 2.03 bits per heavy atom. The van der Waals surface area contributed by atoms with Crippen LogP contribution in [-0.2, 0) is 17.6 Å². The molecule has 2 N–H and O–H groups in total. The van der Waals surface area contributed by atoms with Gasteiger partial charge in [0.05, 0.1) is 0 Å². The Kier molecular flexibility index (Phi) is 6.55. The van der Waals surface area contributed by atoms with E-state index in [0.29, 0.717) is 24.8 Å². The van der Waals surface area contributed by atoms with E-state index < -0.39 is 0 Å². The predicted octanol–water partition coefficient (Wildman–Crippen LogP) is 5.14. The molecule has 5 rings (SSSR count). The first-order valence-electron chi connectivity index (χ1n) is 13.0. The topological polar surface area (TPSA) is 80.0 Å². The van der Waals surface area contributed by atoms with Gasteiger partial charge in [0.15, 0.2) is 0 Å². The summed E-state index contributed by atoms with van der Waals surface area (Å²) in [5, 5.41) is 22.2. The van der Waals surface area contributed by atoms with E-state index >= 15 is 0 Å². The van der Waals surface area contributed by atoms with E-state index in [4.69, 9.17) is 0 Å². The monoisotopic (exact) mass is 450 g/mol. The van der Waals surface area contributed by atoms with Crippen molar-refractivity contribution in [3.8, 4) is 0 Å². The number of aliphatic hydroxyl groups is 1. The number of fused-ring (bicyclic) bond motifs is 1. The largest absolute Gasteiger partial charge is 0.396 e. The van der Waals surface area contributed by atoms with E-state index in [1.165, 1.54) is 30.4 Å². The fraction of sp³-hybridized carbons (Fsp3) is 0.667. The Morgan fingerprint density at radius 3 is 2.76 bits per heavy atom. The molecule has 1 heterocycles. The lowest BCUT2D eigenvalue weighted by atomic mass is 9.71. The van der Waals surface area contributed by atoms with Crippen LogP contribution in [-0.4, -0.2) is 32.4 Å². The second-order valence-corrected chi connectivity index (χ2v) is 10.9. The summed E-state index contributed by atoms with van der Waals surface area (Å²) in [5.74, 6) is 3.95. The zero-order valence-corrected chi connectivity index (χ0v) is 20.1. The van der Waals surface area contributed by atoms with Crippen LogP contribution in [0.4, 0.5) is 5.69 Å². The van der Waals surface area contributed by atoms with E-state index in [-0.39, 0.29) is 18.4 Å². The molecule has 1 aromatic heterocycles. The molecule has 6 heteroatoms. The highest BCUT2D eigenvalue weighted by Gasteiger charge is 2.39. The molecule has 2 saturated carbocycles. The van der Waals surface area contributed by atoms with Gasteiger partial charge >= 0.3 is 0 Å². The van der Waals surface area contributed by atoms with Gasteiger partial charge in [0, 0.05) is 36.6 Å². The molecule has 0 spiro atoms. The molecule has 1 amide bonds. The second kappa shape index (κ2) is 9.57. The first-order chi connectivity index (χ1) is 16.0. The standard InChI is InChI=1S/C27H38N4O2/c1-17(2)13-18-14-21(15-18)27-30-29-26(31(27)22-9-10-22)20(11-12-32)16-25(33)28-24-8-4-6-19-5-3-7-23(19)24/h4,6,8,17-18,20-22,32H,3,5,7,9-16H2,1-2H3,(H,28,33)/t18?,20-,21?/m0/s1. The first-order valence-corrected chi connectivity index (χ1v) is 13.0. The Hall–Kier alpha value is -2.21. The number of aromatic nitrogens is 3. The molecule has 1 atom stereocenters. The molecule has 0 radical (unpaired) electrons. The third kappa shape index (κ3) is 4.86. The molecular weight excluding hydrogens is 412 g/mol. The van der Waals surface area contributed by atoms with Crippen LogP contribution < -0.4 is 5.32 Å². The van der Waals surface area contributed by atoms with Gasteiger partial charge in [-0.3, -0.25) is 4.79 Å². The molecule has 3 aliphatic carbocycles. The van der Waals surface area contributed by atoms with Gasteiger partial charge in [-0.25, -0.2) is 0 Å². The zero-order chi connectivity index (χ0) is 22.9. The normalized spacial score (nSPS) is 22.8. The van der Waals surface area contributed by atoms with Gasteiger partial charge < -0.3 is 15.0 Å². The average molecular weight is 451 g/mol. The minimum absolute atomic E-state index is 0.00119. The number of benzene rings is 1. The SMILES string of the molecule is CC(C)CC1CC(c2nnc([C@@H](CCO)CC(=O)Nc3cccc4c3CCC4)n2C2CC2)C1. The number of aliphatic hydroxyl groups excluding tert-OH is 1. The van der Waals surface area contributed by atoms with Crippen molar-refractivity contribution in [3.05, 3.63) is 41.0 Å². The number of carbonyl (C=O) groups is 1. The maximum atomic E-state index is 13.1. The third-order valence-corrected chi connectivity index (χ3v) is 7.76. The number of hydrogen-bond acceptors (Lipinski definition) is 4. The van der Waals surface area contributed by atoms with Crippen LogP contribution in [0, 0.1) is 11.8 Å². The quantitative estimate of drug-likeness (QED) is 0.525. The molecule has 2 aromatic rings. The summed E-state index contributed by atoms with van der Waals surface area (Å²) in [6, 6.07) is 6.68. The van der Waals surface area contributed by atoms with Crippen molar-refractivity contribution in [2.75, 3.05) is 11.9 Å². The van der Waals surface area contributed by atoms with Crippen molar-refractivity contribution in [2.45, 2.75) is 95.9 Å². The lowest BCUT2D eigenvalue weighted by Crippen LogP contribution is -2.26. The van der Waals surface area contributed by atoms with Gasteiger partial charge in [-0.05, 0) is 86.8 Å². The molecule has 3 aliphatic rings. The number of nitrogens with zero attached hydrogens (tertiary/aromatic N) is 3. The molecule has 33 heavy (non-hydrogen) atoms. The number of rotatable bonds is 10. The summed E-state index contributed by atoms with van der Waals surface area (Å²) in [5.41, 5.74) is 3.59. The number of nitrogens with one attached hydrogen (secondary N) is 1. The van der Waals surface area contributed by atoms with Crippen molar-refractivity contribution < 1.29 is 9.90 Å². The van der Waals surface area contributed by atoms with Gasteiger partial charge in [-0.15, -0.1) is 10.2 Å². The molecule has 0 unspecified atom stereocenters. The molecule has 1 aromatic carbocycles. The Balaban J connectivity index is 1.31. The second-order valence-electron chi connectivity index (χ2n) is 10.9. The fourth-order valence-electron chi connectivity index (χ4n) is 6.03. The summed E-state index contributed by atoms with van der Waals surface area (Å²) >= 11 is 0. The van der Waals surface area contributed by atoms with Crippen molar-refractivity contribution in [3.63, 3.8) is 0 Å². The molecule has 2 fully saturated rings. The molecular formula is C27H38N4O2. The van der Waals surface area contributed by atoms with Crippen LogP contribution in [0.5, 0.6) is 0 Å². The highest BCUT2D eigenvalue weighted by molar-refractivity contribution is 5.92. The van der Waals surface area contributed by atoms with E-state index in [9.17, 15) is 9.90 Å². The van der Waals surface area contributed by atoms with Gasteiger partial charge in [0.2, 0.25) is 5.91 Å². The van der Waals surface area contributed by atoms with Crippen LogP contribution in [0.2, 0.25) is 0 Å². The number of hydrogen-bond donors (Lipinski definition) is 2. The van der Waals surface area contributed by atoms with E-state index in [0.717, 1.165) is 61.3 Å². The summed E-state index contributed by atoms with van der Waals surface area (Å²) < 4.78 is 2.35. The fourth-order valence-corrected chi connectivity index (χ4v) is 6.03. The Labute approximate surface area is 197 Å². The Bertz CT molecular complexity index is 988. The Morgan fingerprint density at radius 1 is 1.21 bits per heavy atom. The highest BCUT2D eigenvalue weighted by Crippen LogP contribution is 2.48. The van der Waals surface area contributed by atoms with Gasteiger partial charge in [-0.1, -0.05) is 26.0 Å². The minimum Gasteiger partial charge on any atom is -0.396 e. The first kappa shape index (κ1) is 22.6. The summed E-state index contributed by atoms with van der Waals surface area (Å²) in [4.78, 5) is 13.1. The van der Waals surface area contributed by atoms with Crippen LogP contribution in [0.25, 0.3) is 0 Å². The van der Waals surface area contributed by atoms with Crippen molar-refractivity contribution >= 4 is 11.6 Å². The summed E-state index contributed by atoms with van der Waals surface area (Å²) in [6.45, 7) is 4.64.